The van der Waals surface area contributed by atoms with Crippen molar-refractivity contribution >= 4 is 32.5 Å². The van der Waals surface area contributed by atoms with E-state index in [1.54, 1.807) is 11.8 Å². The number of aromatic carboxylic acids is 1. The van der Waals surface area contributed by atoms with Crippen molar-refractivity contribution < 1.29 is 27.1 Å². The van der Waals surface area contributed by atoms with E-state index in [9.17, 15) is 22.0 Å². The predicted molar refractivity (Wildman–Crippen MR) is 91.1 cm³/mol. The smallest absolute Gasteiger partial charge is 0.347 e. The van der Waals surface area contributed by atoms with Gasteiger partial charge in [-0.2, -0.15) is 4.31 Å². The summed E-state index contributed by atoms with van der Waals surface area (Å²) in [6.45, 7) is 2.09. The Bertz CT molecular complexity index is 934. The van der Waals surface area contributed by atoms with Crippen LogP contribution in [0.3, 0.4) is 0 Å². The Balaban J connectivity index is 1.78. The van der Waals surface area contributed by atoms with E-state index in [0.29, 0.717) is 10.8 Å². The Morgan fingerprint density at radius 3 is 2.27 bits per heavy atom. The van der Waals surface area contributed by atoms with Crippen LogP contribution in [0, 0.1) is 18.6 Å². The number of carbonyl (C=O) groups is 1. The number of thiazole rings is 1. The second-order valence-electron chi connectivity index (χ2n) is 5.66. The number of sulfonamides is 1. The van der Waals surface area contributed by atoms with Crippen LogP contribution in [0.2, 0.25) is 0 Å². The molecule has 0 atom stereocenters. The fourth-order valence-corrected chi connectivity index (χ4v) is 5.18. The number of piperazine rings is 1. The highest BCUT2D eigenvalue weighted by Crippen LogP contribution is 2.29. The van der Waals surface area contributed by atoms with E-state index in [-0.39, 0.29) is 31.1 Å². The van der Waals surface area contributed by atoms with Gasteiger partial charge in [-0.1, -0.05) is 17.4 Å². The third-order valence-corrected chi connectivity index (χ3v) is 7.16. The molecule has 0 saturated carbocycles. The Morgan fingerprint density at radius 2 is 1.77 bits per heavy atom. The lowest BCUT2D eigenvalue weighted by Gasteiger charge is -2.33. The molecule has 3 rings (SSSR count). The van der Waals surface area contributed by atoms with Gasteiger partial charge >= 0.3 is 5.97 Å². The SMILES string of the molecule is Cc1nc(N2CCN(S(=O)(=O)c3c(F)cccc3F)CC2)sc1C(=O)O. The summed E-state index contributed by atoms with van der Waals surface area (Å²) in [6.07, 6.45) is 0. The van der Waals surface area contributed by atoms with Crippen molar-refractivity contribution in [3.8, 4) is 0 Å². The van der Waals surface area contributed by atoms with Gasteiger partial charge in [-0.25, -0.2) is 27.0 Å². The highest BCUT2D eigenvalue weighted by atomic mass is 32.2. The van der Waals surface area contributed by atoms with Gasteiger partial charge in [-0.3, -0.25) is 0 Å². The molecule has 140 valence electrons. The quantitative estimate of drug-likeness (QED) is 0.839. The zero-order valence-electron chi connectivity index (χ0n) is 13.6. The minimum atomic E-state index is -4.30. The van der Waals surface area contributed by atoms with Crippen LogP contribution in [0.4, 0.5) is 13.9 Å². The van der Waals surface area contributed by atoms with Crippen molar-refractivity contribution in [3.05, 3.63) is 40.4 Å². The van der Waals surface area contributed by atoms with Crippen molar-refractivity contribution in [3.63, 3.8) is 0 Å². The number of aryl methyl sites for hydroxylation is 1. The van der Waals surface area contributed by atoms with Gasteiger partial charge in [-0.05, 0) is 19.1 Å². The molecule has 26 heavy (non-hydrogen) atoms. The Hall–Kier alpha value is -2.11. The van der Waals surface area contributed by atoms with Crippen LogP contribution in [-0.4, -0.2) is 55.0 Å². The largest absolute Gasteiger partial charge is 0.477 e. The molecule has 1 aliphatic rings. The van der Waals surface area contributed by atoms with Crippen molar-refractivity contribution in [2.75, 3.05) is 31.1 Å². The van der Waals surface area contributed by atoms with Gasteiger partial charge in [-0.15, -0.1) is 0 Å². The van der Waals surface area contributed by atoms with Crippen LogP contribution in [0.1, 0.15) is 15.4 Å². The lowest BCUT2D eigenvalue weighted by Crippen LogP contribution is -2.49. The van der Waals surface area contributed by atoms with Crippen molar-refractivity contribution in [1.29, 1.82) is 0 Å². The molecule has 1 saturated heterocycles. The second kappa shape index (κ2) is 6.89. The Morgan fingerprint density at radius 1 is 1.19 bits per heavy atom. The summed E-state index contributed by atoms with van der Waals surface area (Å²) in [6, 6.07) is 2.91. The van der Waals surface area contributed by atoms with E-state index in [4.69, 9.17) is 5.11 Å². The molecule has 7 nitrogen and oxygen atoms in total. The minimum absolute atomic E-state index is 0.0111. The number of carboxylic acids is 1. The molecule has 11 heteroatoms. The Labute approximate surface area is 152 Å². The molecule has 1 aromatic heterocycles. The number of hydrogen-bond donors (Lipinski definition) is 1. The van der Waals surface area contributed by atoms with Gasteiger partial charge in [0.15, 0.2) is 10.0 Å². The van der Waals surface area contributed by atoms with E-state index in [2.05, 4.69) is 4.98 Å². The van der Waals surface area contributed by atoms with E-state index in [1.165, 1.54) is 0 Å². The van der Waals surface area contributed by atoms with Gasteiger partial charge in [0.2, 0.25) is 10.0 Å². The highest BCUT2D eigenvalue weighted by Gasteiger charge is 2.33. The summed E-state index contributed by atoms with van der Waals surface area (Å²) < 4.78 is 53.8. The first-order valence-electron chi connectivity index (χ1n) is 7.61. The van der Waals surface area contributed by atoms with Crippen LogP contribution in [0.25, 0.3) is 0 Å². The number of anilines is 1. The fraction of sp³-hybridized carbons (Fsp3) is 0.333. The van der Waals surface area contributed by atoms with Crippen LogP contribution in [0.15, 0.2) is 23.1 Å². The second-order valence-corrected chi connectivity index (χ2v) is 8.51. The summed E-state index contributed by atoms with van der Waals surface area (Å²) >= 11 is 1.01. The van der Waals surface area contributed by atoms with Crippen molar-refractivity contribution in [1.82, 2.24) is 9.29 Å². The van der Waals surface area contributed by atoms with Crippen LogP contribution < -0.4 is 4.90 Å². The minimum Gasteiger partial charge on any atom is -0.477 e. The van der Waals surface area contributed by atoms with Crippen molar-refractivity contribution in [2.24, 2.45) is 0 Å². The van der Waals surface area contributed by atoms with Crippen molar-refractivity contribution in [2.45, 2.75) is 11.8 Å². The van der Waals surface area contributed by atoms with Gasteiger partial charge < -0.3 is 10.0 Å². The first-order valence-corrected chi connectivity index (χ1v) is 9.87. The van der Waals surface area contributed by atoms with Gasteiger partial charge in [0.25, 0.3) is 0 Å². The monoisotopic (exact) mass is 403 g/mol. The number of nitrogens with zero attached hydrogens (tertiary/aromatic N) is 3. The zero-order valence-corrected chi connectivity index (χ0v) is 15.3. The third kappa shape index (κ3) is 3.29. The summed E-state index contributed by atoms with van der Waals surface area (Å²) in [5.74, 6) is -3.33. The van der Waals surface area contributed by atoms with E-state index in [1.807, 2.05) is 0 Å². The van der Waals surface area contributed by atoms with Gasteiger partial charge in [0, 0.05) is 26.2 Å². The highest BCUT2D eigenvalue weighted by molar-refractivity contribution is 7.89. The van der Waals surface area contributed by atoms with Crippen LogP contribution >= 0.6 is 11.3 Å². The first kappa shape index (κ1) is 18.7. The normalized spacial score (nSPS) is 16.0. The topological polar surface area (TPSA) is 90.8 Å². The molecule has 1 aromatic carbocycles. The number of aromatic nitrogens is 1. The average molecular weight is 403 g/mol. The number of carboxylic acid groups (broad SMARTS) is 1. The molecule has 1 aliphatic heterocycles. The first-order chi connectivity index (χ1) is 12.2. The molecule has 0 radical (unpaired) electrons. The van der Waals surface area contributed by atoms with E-state index >= 15 is 0 Å². The number of benzene rings is 1. The molecule has 2 heterocycles. The molecule has 0 spiro atoms. The molecule has 0 aliphatic carbocycles. The molecule has 1 N–H and O–H groups in total. The number of rotatable bonds is 4. The van der Waals surface area contributed by atoms with E-state index < -0.39 is 32.5 Å². The number of halogens is 2. The van der Waals surface area contributed by atoms with Crippen LogP contribution in [-0.2, 0) is 10.0 Å². The summed E-state index contributed by atoms with van der Waals surface area (Å²) in [5, 5.41) is 9.58. The average Bonchev–Trinajstić information content (AvgIpc) is 2.97. The zero-order chi connectivity index (χ0) is 19.1. The third-order valence-electron chi connectivity index (χ3n) is 4.01. The Kier molecular flexibility index (Phi) is 4.95. The lowest BCUT2D eigenvalue weighted by atomic mass is 10.3. The molecule has 0 unspecified atom stereocenters. The maximum absolute atomic E-state index is 13.8. The molecular formula is C15H15F2N3O4S2. The maximum atomic E-state index is 13.8. The molecule has 2 aromatic rings. The summed E-state index contributed by atoms with van der Waals surface area (Å²) in [5.41, 5.74) is 0.390. The van der Waals surface area contributed by atoms with Crippen LogP contribution in [0.5, 0.6) is 0 Å². The fourth-order valence-electron chi connectivity index (χ4n) is 2.69. The standard InChI is InChI=1S/C15H15F2N3O4S2/c1-9-12(14(21)22)25-15(18-9)19-5-7-20(8-6-19)26(23,24)13-10(16)3-2-4-11(13)17/h2-4H,5-8H2,1H3,(H,21,22). The van der Waals surface area contributed by atoms with Gasteiger partial charge in [0.05, 0.1) is 5.69 Å². The van der Waals surface area contributed by atoms with E-state index in [0.717, 1.165) is 33.8 Å². The van der Waals surface area contributed by atoms with Gasteiger partial charge in [0.1, 0.15) is 16.5 Å². The lowest BCUT2D eigenvalue weighted by molar-refractivity contribution is 0.0701. The number of hydrogen-bond acceptors (Lipinski definition) is 6. The summed E-state index contributed by atoms with van der Waals surface area (Å²) in [7, 11) is -4.30. The molecular weight excluding hydrogens is 388 g/mol. The molecule has 1 fully saturated rings. The predicted octanol–water partition coefficient (Wildman–Crippen LogP) is 1.94. The summed E-state index contributed by atoms with van der Waals surface area (Å²) in [4.78, 5) is 16.3. The molecule has 0 amide bonds. The maximum Gasteiger partial charge on any atom is 0.347 e. The molecule has 0 bridgehead atoms.